The molecule has 3 aromatic rings. The third-order valence-electron chi connectivity index (χ3n) is 6.17. The molecule has 2 heterocycles. The Hall–Kier alpha value is -3.15. The van der Waals surface area contributed by atoms with Crippen molar-refractivity contribution in [1.82, 2.24) is 14.5 Å². The fraction of sp³-hybridized carbons (Fsp3) is 0.385. The molecular formula is C26H29F2N3O5S. The SMILES string of the molecule is COCCN(Cc1cnc(S(=O)(=O)Cc2ccc(F)cc2)n1C[C@H]1CCCO1)C(=O)c1ccccc1F. The Morgan fingerprint density at radius 3 is 2.62 bits per heavy atom. The first-order valence-corrected chi connectivity index (χ1v) is 13.6. The Morgan fingerprint density at radius 2 is 1.95 bits per heavy atom. The first kappa shape index (κ1) is 26.9. The van der Waals surface area contributed by atoms with Crippen molar-refractivity contribution in [3.63, 3.8) is 0 Å². The molecule has 1 fully saturated rings. The summed E-state index contributed by atoms with van der Waals surface area (Å²) in [6.07, 6.45) is 2.83. The molecule has 0 bridgehead atoms. The van der Waals surface area contributed by atoms with Gasteiger partial charge in [0.2, 0.25) is 15.0 Å². The van der Waals surface area contributed by atoms with Gasteiger partial charge in [-0.25, -0.2) is 22.2 Å². The Labute approximate surface area is 214 Å². The second kappa shape index (κ2) is 11.9. The van der Waals surface area contributed by atoms with Crippen LogP contribution in [0.2, 0.25) is 0 Å². The van der Waals surface area contributed by atoms with Crippen LogP contribution in [0.4, 0.5) is 8.78 Å². The van der Waals surface area contributed by atoms with Gasteiger partial charge in [-0.1, -0.05) is 24.3 Å². The van der Waals surface area contributed by atoms with Crippen LogP contribution in [0.1, 0.15) is 34.5 Å². The Bertz CT molecular complexity index is 1320. The summed E-state index contributed by atoms with van der Waals surface area (Å²) in [5.41, 5.74) is 0.799. The lowest BCUT2D eigenvalue weighted by Gasteiger charge is -2.24. The van der Waals surface area contributed by atoms with E-state index in [1.807, 2.05) is 0 Å². The van der Waals surface area contributed by atoms with Crippen LogP contribution in [0.5, 0.6) is 0 Å². The Morgan fingerprint density at radius 1 is 1.19 bits per heavy atom. The predicted molar refractivity (Wildman–Crippen MR) is 132 cm³/mol. The molecule has 1 atom stereocenters. The average Bonchev–Trinajstić information content (AvgIpc) is 3.54. The van der Waals surface area contributed by atoms with Gasteiger partial charge in [-0.05, 0) is 42.7 Å². The molecule has 0 saturated carbocycles. The van der Waals surface area contributed by atoms with Crippen molar-refractivity contribution in [3.8, 4) is 0 Å². The second-order valence-corrected chi connectivity index (χ2v) is 10.7. The maximum absolute atomic E-state index is 14.4. The monoisotopic (exact) mass is 533 g/mol. The summed E-state index contributed by atoms with van der Waals surface area (Å²) in [4.78, 5) is 18.9. The number of aromatic nitrogens is 2. The van der Waals surface area contributed by atoms with Crippen LogP contribution in [0.15, 0.2) is 59.9 Å². The zero-order chi connectivity index (χ0) is 26.4. The molecule has 198 valence electrons. The minimum absolute atomic E-state index is 0.0116. The zero-order valence-corrected chi connectivity index (χ0v) is 21.3. The molecule has 0 spiro atoms. The highest BCUT2D eigenvalue weighted by molar-refractivity contribution is 7.90. The van der Waals surface area contributed by atoms with Crippen LogP contribution in [0.25, 0.3) is 0 Å². The van der Waals surface area contributed by atoms with E-state index in [0.29, 0.717) is 17.9 Å². The minimum Gasteiger partial charge on any atom is -0.383 e. The standard InChI is InChI=1S/C26H29F2N3O5S/c1-35-14-12-30(25(32)23-6-2-3-7-24(23)28)16-21-15-29-26(31(21)17-22-5-4-13-36-22)37(33,34)18-19-8-10-20(27)11-9-19/h2-3,6-11,15,22H,4-5,12-14,16-18H2,1H3/t22-/m1/s1. The van der Waals surface area contributed by atoms with Gasteiger partial charge in [-0.3, -0.25) is 4.79 Å². The molecule has 4 rings (SSSR count). The molecular weight excluding hydrogens is 504 g/mol. The van der Waals surface area contributed by atoms with E-state index in [1.165, 1.54) is 60.7 Å². The lowest BCUT2D eigenvalue weighted by atomic mass is 10.1. The minimum atomic E-state index is -3.92. The number of carbonyl (C=O) groups excluding carboxylic acids is 1. The number of hydrogen-bond acceptors (Lipinski definition) is 6. The molecule has 0 N–H and O–H groups in total. The number of hydrogen-bond donors (Lipinski definition) is 0. The number of nitrogens with zero attached hydrogens (tertiary/aromatic N) is 3. The van der Waals surface area contributed by atoms with Crippen molar-refractivity contribution in [2.45, 2.75) is 42.9 Å². The summed E-state index contributed by atoms with van der Waals surface area (Å²) in [7, 11) is -2.43. The number of rotatable bonds is 11. The highest BCUT2D eigenvalue weighted by atomic mass is 32.2. The van der Waals surface area contributed by atoms with Gasteiger partial charge in [0.05, 0.1) is 49.0 Å². The van der Waals surface area contributed by atoms with Gasteiger partial charge in [0.1, 0.15) is 11.6 Å². The van der Waals surface area contributed by atoms with Gasteiger partial charge in [-0.2, -0.15) is 0 Å². The largest absolute Gasteiger partial charge is 0.383 e. The van der Waals surface area contributed by atoms with Crippen molar-refractivity contribution >= 4 is 15.7 Å². The van der Waals surface area contributed by atoms with Crippen LogP contribution in [0, 0.1) is 11.6 Å². The van der Waals surface area contributed by atoms with Crippen LogP contribution in [0.3, 0.4) is 0 Å². The van der Waals surface area contributed by atoms with Crippen molar-refractivity contribution in [2.75, 3.05) is 26.9 Å². The van der Waals surface area contributed by atoms with E-state index in [9.17, 15) is 22.0 Å². The second-order valence-electron chi connectivity index (χ2n) is 8.86. The van der Waals surface area contributed by atoms with E-state index in [-0.39, 0.29) is 48.8 Å². The first-order valence-electron chi connectivity index (χ1n) is 11.9. The molecule has 1 aliphatic heterocycles. The number of ether oxygens (including phenoxy) is 2. The van der Waals surface area contributed by atoms with Crippen molar-refractivity contribution in [1.29, 1.82) is 0 Å². The molecule has 37 heavy (non-hydrogen) atoms. The normalized spacial score (nSPS) is 15.7. The van der Waals surface area contributed by atoms with Crippen LogP contribution in [-0.2, 0) is 38.2 Å². The van der Waals surface area contributed by atoms with E-state index in [4.69, 9.17) is 9.47 Å². The highest BCUT2D eigenvalue weighted by Crippen LogP contribution is 2.23. The van der Waals surface area contributed by atoms with Crippen molar-refractivity contribution in [3.05, 3.63) is 83.2 Å². The number of methoxy groups -OCH3 is 1. The number of carbonyl (C=O) groups is 1. The van der Waals surface area contributed by atoms with Crippen LogP contribution >= 0.6 is 0 Å². The van der Waals surface area contributed by atoms with Gasteiger partial charge in [0.25, 0.3) is 5.91 Å². The van der Waals surface area contributed by atoms with Gasteiger partial charge >= 0.3 is 0 Å². The fourth-order valence-electron chi connectivity index (χ4n) is 4.27. The number of imidazole rings is 1. The molecule has 1 saturated heterocycles. The Kier molecular flexibility index (Phi) is 8.67. The zero-order valence-electron chi connectivity index (χ0n) is 20.5. The van der Waals surface area contributed by atoms with Gasteiger partial charge in [0, 0.05) is 20.3 Å². The molecule has 2 aromatic carbocycles. The Balaban J connectivity index is 1.67. The summed E-state index contributed by atoms with van der Waals surface area (Å²) in [6, 6.07) is 10.9. The fourth-order valence-corrected chi connectivity index (χ4v) is 5.77. The third-order valence-corrected chi connectivity index (χ3v) is 7.77. The predicted octanol–water partition coefficient (Wildman–Crippen LogP) is 3.60. The summed E-state index contributed by atoms with van der Waals surface area (Å²) in [5, 5.41) is -0.160. The number of sulfone groups is 1. The quantitative estimate of drug-likeness (QED) is 0.374. The highest BCUT2D eigenvalue weighted by Gasteiger charge is 2.29. The van der Waals surface area contributed by atoms with Gasteiger partial charge in [-0.15, -0.1) is 0 Å². The van der Waals surface area contributed by atoms with E-state index in [0.717, 1.165) is 12.8 Å². The molecule has 1 amide bonds. The van der Waals surface area contributed by atoms with E-state index in [2.05, 4.69) is 4.98 Å². The topological polar surface area (TPSA) is 90.7 Å². The summed E-state index contributed by atoms with van der Waals surface area (Å²) in [5.74, 6) is -2.02. The number of amides is 1. The van der Waals surface area contributed by atoms with E-state index < -0.39 is 27.4 Å². The van der Waals surface area contributed by atoms with E-state index >= 15 is 0 Å². The average molecular weight is 534 g/mol. The molecule has 0 aliphatic carbocycles. The van der Waals surface area contributed by atoms with Crippen LogP contribution in [-0.4, -0.2) is 61.7 Å². The molecule has 1 aliphatic rings. The molecule has 1 aromatic heterocycles. The maximum atomic E-state index is 14.4. The lowest BCUT2D eigenvalue weighted by molar-refractivity contribution is 0.0664. The molecule has 11 heteroatoms. The van der Waals surface area contributed by atoms with Crippen molar-refractivity contribution in [2.24, 2.45) is 0 Å². The lowest BCUT2D eigenvalue weighted by Crippen LogP contribution is -2.35. The van der Waals surface area contributed by atoms with Gasteiger partial charge < -0.3 is 18.9 Å². The molecule has 0 unspecified atom stereocenters. The maximum Gasteiger partial charge on any atom is 0.257 e. The smallest absolute Gasteiger partial charge is 0.257 e. The van der Waals surface area contributed by atoms with Crippen LogP contribution < -0.4 is 0 Å². The molecule has 0 radical (unpaired) electrons. The van der Waals surface area contributed by atoms with E-state index in [1.54, 1.807) is 10.6 Å². The summed E-state index contributed by atoms with van der Waals surface area (Å²) < 4.78 is 66.9. The van der Waals surface area contributed by atoms with Gasteiger partial charge in [0.15, 0.2) is 0 Å². The number of halogens is 2. The first-order chi connectivity index (χ1) is 17.8. The van der Waals surface area contributed by atoms with Crippen molar-refractivity contribution < 1.29 is 31.5 Å². The number of benzene rings is 2. The summed E-state index contributed by atoms with van der Waals surface area (Å²) >= 11 is 0. The third kappa shape index (κ3) is 6.60. The summed E-state index contributed by atoms with van der Waals surface area (Å²) in [6.45, 7) is 1.17. The molecule has 8 nitrogen and oxygen atoms in total.